The average molecular weight is 354 g/mol. The topological polar surface area (TPSA) is 61.8 Å². The zero-order valence-electron chi connectivity index (χ0n) is 14.2. The first kappa shape index (κ1) is 17.0. The van der Waals surface area contributed by atoms with Gasteiger partial charge < -0.3 is 15.2 Å². The number of phenols is 1. The Bertz CT molecular complexity index is 906. The Morgan fingerprint density at radius 3 is 2.60 bits per heavy atom. The molecule has 2 aromatic carbocycles. The van der Waals surface area contributed by atoms with Crippen LogP contribution in [0.15, 0.2) is 42.1 Å². The van der Waals surface area contributed by atoms with E-state index in [0.717, 1.165) is 22.4 Å². The Morgan fingerprint density at radius 2 is 1.92 bits per heavy atom. The lowest BCUT2D eigenvalue weighted by Gasteiger charge is -2.15. The van der Waals surface area contributed by atoms with E-state index in [0.29, 0.717) is 16.6 Å². The van der Waals surface area contributed by atoms with Crippen molar-refractivity contribution in [1.29, 1.82) is 0 Å². The Kier molecular flexibility index (Phi) is 4.46. The Labute approximate surface area is 151 Å². The molecule has 0 radical (unpaired) electrons. The van der Waals surface area contributed by atoms with Crippen LogP contribution in [0.5, 0.6) is 11.5 Å². The maximum Gasteiger partial charge on any atom is 0.281 e. The standard InChI is InChI=1S/C19H18N2O3S/c1-11-4-6-14(8-12(11)2)21-18(23)15(20-19(21)25)9-13-5-7-16(22)17(10-13)24-3/h4-10,22H,1-3H3,(H,20,25)/b15-9-. The second-order valence-corrected chi connectivity index (χ2v) is 6.22. The predicted octanol–water partition coefficient (Wildman–Crippen LogP) is 3.28. The van der Waals surface area contributed by atoms with Crippen molar-refractivity contribution in [3.8, 4) is 11.5 Å². The molecule has 0 aliphatic carbocycles. The first-order valence-electron chi connectivity index (χ1n) is 7.72. The number of aromatic hydroxyl groups is 1. The molecule has 0 aromatic heterocycles. The molecule has 1 amide bonds. The van der Waals surface area contributed by atoms with Crippen molar-refractivity contribution in [2.45, 2.75) is 13.8 Å². The number of nitrogens with one attached hydrogen (secondary N) is 1. The minimum Gasteiger partial charge on any atom is -0.504 e. The second kappa shape index (κ2) is 6.57. The van der Waals surface area contributed by atoms with Gasteiger partial charge in [0.1, 0.15) is 5.70 Å². The van der Waals surface area contributed by atoms with Gasteiger partial charge in [-0.1, -0.05) is 12.1 Å². The van der Waals surface area contributed by atoms with Crippen molar-refractivity contribution in [3.63, 3.8) is 0 Å². The third-order valence-electron chi connectivity index (χ3n) is 4.14. The number of hydrogen-bond acceptors (Lipinski definition) is 4. The minimum atomic E-state index is -0.222. The largest absolute Gasteiger partial charge is 0.504 e. The Balaban J connectivity index is 1.94. The highest BCUT2D eigenvalue weighted by atomic mass is 32.1. The van der Waals surface area contributed by atoms with E-state index in [4.69, 9.17) is 17.0 Å². The van der Waals surface area contributed by atoms with Gasteiger partial charge in [0.2, 0.25) is 0 Å². The number of ether oxygens (including phenoxy) is 1. The van der Waals surface area contributed by atoms with Crippen LogP contribution < -0.4 is 15.0 Å². The smallest absolute Gasteiger partial charge is 0.281 e. The average Bonchev–Trinajstić information content (AvgIpc) is 2.86. The molecule has 0 unspecified atom stereocenters. The van der Waals surface area contributed by atoms with Crippen LogP contribution in [0.2, 0.25) is 0 Å². The van der Waals surface area contributed by atoms with E-state index in [1.165, 1.54) is 18.1 Å². The van der Waals surface area contributed by atoms with Gasteiger partial charge in [-0.3, -0.25) is 9.69 Å². The van der Waals surface area contributed by atoms with E-state index < -0.39 is 0 Å². The molecule has 2 aromatic rings. The van der Waals surface area contributed by atoms with Crippen LogP contribution in [0.1, 0.15) is 16.7 Å². The third-order valence-corrected chi connectivity index (χ3v) is 4.43. The molecule has 3 rings (SSSR count). The maximum absolute atomic E-state index is 12.8. The van der Waals surface area contributed by atoms with E-state index in [2.05, 4.69) is 5.32 Å². The van der Waals surface area contributed by atoms with E-state index in [1.54, 1.807) is 18.2 Å². The molecule has 6 heteroatoms. The summed E-state index contributed by atoms with van der Waals surface area (Å²) < 4.78 is 5.09. The molecule has 1 fully saturated rings. The molecule has 1 aliphatic heterocycles. The molecule has 0 saturated carbocycles. The second-order valence-electron chi connectivity index (χ2n) is 5.83. The highest BCUT2D eigenvalue weighted by Crippen LogP contribution is 2.29. The fourth-order valence-corrected chi connectivity index (χ4v) is 2.88. The first-order chi connectivity index (χ1) is 11.9. The Hall–Kier alpha value is -2.86. The molecule has 0 bridgehead atoms. The van der Waals surface area contributed by atoms with Crippen molar-refractivity contribution >= 4 is 35.0 Å². The highest BCUT2D eigenvalue weighted by molar-refractivity contribution is 7.80. The van der Waals surface area contributed by atoms with Crippen molar-refractivity contribution in [2.75, 3.05) is 12.0 Å². The van der Waals surface area contributed by atoms with Gasteiger partial charge in [-0.15, -0.1) is 0 Å². The lowest BCUT2D eigenvalue weighted by atomic mass is 10.1. The van der Waals surface area contributed by atoms with Crippen LogP contribution >= 0.6 is 12.2 Å². The molecule has 25 heavy (non-hydrogen) atoms. The number of phenolic OH excluding ortho intramolecular Hbond substituents is 1. The molecule has 0 atom stereocenters. The van der Waals surface area contributed by atoms with Gasteiger partial charge in [0, 0.05) is 0 Å². The summed E-state index contributed by atoms with van der Waals surface area (Å²) in [4.78, 5) is 14.2. The molecular formula is C19H18N2O3S. The predicted molar refractivity (Wildman–Crippen MR) is 102 cm³/mol. The molecule has 1 aliphatic rings. The van der Waals surface area contributed by atoms with Gasteiger partial charge in [-0.05, 0) is 73.1 Å². The van der Waals surface area contributed by atoms with Gasteiger partial charge in [-0.2, -0.15) is 0 Å². The fourth-order valence-electron chi connectivity index (χ4n) is 2.58. The summed E-state index contributed by atoms with van der Waals surface area (Å²) in [7, 11) is 1.47. The van der Waals surface area contributed by atoms with Crippen LogP contribution in [0.3, 0.4) is 0 Å². The summed E-state index contributed by atoms with van der Waals surface area (Å²) in [6.45, 7) is 4.01. The van der Waals surface area contributed by atoms with E-state index >= 15 is 0 Å². The lowest BCUT2D eigenvalue weighted by Crippen LogP contribution is -2.30. The number of rotatable bonds is 3. The quantitative estimate of drug-likeness (QED) is 0.654. The van der Waals surface area contributed by atoms with Crippen LogP contribution in [0.4, 0.5) is 5.69 Å². The number of hydrogen-bond donors (Lipinski definition) is 2. The lowest BCUT2D eigenvalue weighted by molar-refractivity contribution is -0.113. The molecule has 1 saturated heterocycles. The molecular weight excluding hydrogens is 336 g/mol. The highest BCUT2D eigenvalue weighted by Gasteiger charge is 2.32. The first-order valence-corrected chi connectivity index (χ1v) is 8.13. The summed E-state index contributed by atoms with van der Waals surface area (Å²) in [5, 5.41) is 13.0. The van der Waals surface area contributed by atoms with Crippen LogP contribution in [-0.4, -0.2) is 23.2 Å². The van der Waals surface area contributed by atoms with E-state index in [-0.39, 0.29) is 11.7 Å². The number of benzene rings is 2. The molecule has 0 spiro atoms. The van der Waals surface area contributed by atoms with Crippen molar-refractivity contribution < 1.29 is 14.6 Å². The number of amides is 1. The zero-order valence-corrected chi connectivity index (χ0v) is 15.0. The minimum absolute atomic E-state index is 0.0441. The number of nitrogens with zero attached hydrogens (tertiary/aromatic N) is 1. The van der Waals surface area contributed by atoms with Crippen LogP contribution in [0.25, 0.3) is 6.08 Å². The van der Waals surface area contributed by atoms with Crippen molar-refractivity contribution in [1.82, 2.24) is 5.32 Å². The number of anilines is 1. The zero-order chi connectivity index (χ0) is 18.1. The van der Waals surface area contributed by atoms with Crippen LogP contribution in [-0.2, 0) is 4.79 Å². The van der Waals surface area contributed by atoms with E-state index in [1.807, 2.05) is 32.0 Å². The number of carbonyl (C=O) groups excluding carboxylic acids is 1. The van der Waals surface area contributed by atoms with E-state index in [9.17, 15) is 9.90 Å². The monoisotopic (exact) mass is 354 g/mol. The van der Waals surface area contributed by atoms with Gasteiger partial charge in [0.25, 0.3) is 5.91 Å². The van der Waals surface area contributed by atoms with Gasteiger partial charge in [0.15, 0.2) is 16.6 Å². The summed E-state index contributed by atoms with van der Waals surface area (Å²) >= 11 is 5.33. The molecule has 2 N–H and O–H groups in total. The number of methoxy groups -OCH3 is 1. The summed E-state index contributed by atoms with van der Waals surface area (Å²) in [6, 6.07) is 10.6. The maximum atomic E-state index is 12.8. The SMILES string of the molecule is COc1cc(/C=C2\NC(=S)N(c3ccc(C)c(C)c3)C2=O)ccc1O. The summed E-state index contributed by atoms with van der Waals surface area (Å²) in [5.74, 6) is 0.163. The number of thiocarbonyl (C=S) groups is 1. The number of aryl methyl sites for hydroxylation is 2. The number of carbonyl (C=O) groups is 1. The summed E-state index contributed by atoms with van der Waals surface area (Å²) in [5.41, 5.74) is 4.07. The van der Waals surface area contributed by atoms with Crippen LogP contribution in [0, 0.1) is 13.8 Å². The van der Waals surface area contributed by atoms with Gasteiger partial charge in [-0.25, -0.2) is 0 Å². The molecule has 128 valence electrons. The molecule has 5 nitrogen and oxygen atoms in total. The molecule has 1 heterocycles. The summed E-state index contributed by atoms with van der Waals surface area (Å²) in [6.07, 6.45) is 1.68. The third kappa shape index (κ3) is 3.21. The fraction of sp³-hybridized carbons (Fsp3) is 0.158. The Morgan fingerprint density at radius 1 is 1.16 bits per heavy atom. The van der Waals surface area contributed by atoms with Gasteiger partial charge in [0.05, 0.1) is 12.8 Å². The normalized spacial score (nSPS) is 15.6. The van der Waals surface area contributed by atoms with Crippen molar-refractivity contribution in [2.24, 2.45) is 0 Å². The van der Waals surface area contributed by atoms with Gasteiger partial charge >= 0.3 is 0 Å². The van der Waals surface area contributed by atoms with Crippen molar-refractivity contribution in [3.05, 3.63) is 58.8 Å².